The molecule has 0 radical (unpaired) electrons. The fourth-order valence-corrected chi connectivity index (χ4v) is 4.84. The van der Waals surface area contributed by atoms with Crippen LogP contribution in [0.1, 0.15) is 29.0 Å². The number of methoxy groups -OCH3 is 1. The highest BCUT2D eigenvalue weighted by atomic mass is 32.1. The number of nitrogens with zero attached hydrogens (tertiary/aromatic N) is 4. The Morgan fingerprint density at radius 3 is 2.67 bits per heavy atom. The first-order valence-corrected chi connectivity index (χ1v) is 12.0. The molecule has 0 aliphatic carbocycles. The number of carbonyl (C=O) groups excluding carboxylic acids is 1. The molecule has 1 aromatic carbocycles. The van der Waals surface area contributed by atoms with Crippen LogP contribution in [0.4, 0.5) is 11.4 Å². The van der Waals surface area contributed by atoms with Crippen LogP contribution in [0.5, 0.6) is 0 Å². The van der Waals surface area contributed by atoms with E-state index in [2.05, 4.69) is 54.5 Å². The summed E-state index contributed by atoms with van der Waals surface area (Å²) in [6.07, 6.45) is 7.53. The van der Waals surface area contributed by atoms with E-state index >= 15 is 0 Å². The molecule has 4 heterocycles. The maximum atomic E-state index is 11.9. The van der Waals surface area contributed by atoms with Gasteiger partial charge in [0.1, 0.15) is 12.6 Å². The molecule has 1 saturated heterocycles. The molecule has 2 atom stereocenters. The number of amides is 1. The zero-order valence-electron chi connectivity index (χ0n) is 19.7. The van der Waals surface area contributed by atoms with E-state index in [1.807, 2.05) is 54.7 Å². The normalized spacial score (nSPS) is 17.1. The van der Waals surface area contributed by atoms with E-state index in [9.17, 15) is 4.79 Å². The largest absolute Gasteiger partial charge is 0.375 e. The Kier molecular flexibility index (Phi) is 7.01. The lowest BCUT2D eigenvalue weighted by atomic mass is 10.0. The topological polar surface area (TPSA) is 84.3 Å². The zero-order valence-corrected chi connectivity index (χ0v) is 20.6. The van der Waals surface area contributed by atoms with Crippen molar-refractivity contribution in [3.8, 4) is 0 Å². The van der Waals surface area contributed by atoms with Crippen molar-refractivity contribution in [1.29, 1.82) is 0 Å². The van der Waals surface area contributed by atoms with Gasteiger partial charge in [0.15, 0.2) is 5.11 Å². The first-order chi connectivity index (χ1) is 17.6. The maximum absolute atomic E-state index is 11.9. The van der Waals surface area contributed by atoms with E-state index < -0.39 is 0 Å². The number of hydrogen-bond acceptors (Lipinski definition) is 5. The number of pyridine rings is 2. The third-order valence-corrected chi connectivity index (χ3v) is 6.36. The van der Waals surface area contributed by atoms with Gasteiger partial charge in [-0.1, -0.05) is 12.1 Å². The molecule has 1 amide bonds. The average Bonchev–Trinajstić information content (AvgIpc) is 3.49. The Balaban J connectivity index is 1.51. The molecule has 182 valence electrons. The van der Waals surface area contributed by atoms with E-state index in [1.165, 1.54) is 7.11 Å². The van der Waals surface area contributed by atoms with E-state index in [0.717, 1.165) is 22.6 Å². The number of rotatable bonds is 8. The van der Waals surface area contributed by atoms with E-state index in [1.54, 1.807) is 12.4 Å². The van der Waals surface area contributed by atoms with Gasteiger partial charge in [0.05, 0.1) is 11.7 Å². The van der Waals surface area contributed by atoms with Gasteiger partial charge < -0.3 is 24.8 Å². The number of aromatic nitrogens is 3. The van der Waals surface area contributed by atoms with Crippen molar-refractivity contribution in [2.75, 3.05) is 23.9 Å². The van der Waals surface area contributed by atoms with Crippen molar-refractivity contribution in [2.24, 2.45) is 0 Å². The first kappa shape index (κ1) is 23.7. The van der Waals surface area contributed by atoms with Crippen LogP contribution in [-0.2, 0) is 16.1 Å². The highest BCUT2D eigenvalue weighted by molar-refractivity contribution is 7.80. The van der Waals surface area contributed by atoms with Gasteiger partial charge >= 0.3 is 0 Å². The second-order valence-electron chi connectivity index (χ2n) is 8.45. The number of hydrogen-bond donors (Lipinski definition) is 2. The summed E-state index contributed by atoms with van der Waals surface area (Å²) in [4.78, 5) is 22.9. The second-order valence-corrected chi connectivity index (χ2v) is 8.83. The zero-order chi connectivity index (χ0) is 24.9. The van der Waals surface area contributed by atoms with Gasteiger partial charge in [-0.25, -0.2) is 0 Å². The molecule has 8 nitrogen and oxygen atoms in total. The van der Waals surface area contributed by atoms with Crippen molar-refractivity contribution in [3.05, 3.63) is 108 Å². The molecule has 2 unspecified atom stereocenters. The summed E-state index contributed by atoms with van der Waals surface area (Å²) in [5, 5.41) is 6.94. The molecular formula is C27H26N6O2S. The molecule has 2 N–H and O–H groups in total. The van der Waals surface area contributed by atoms with Gasteiger partial charge in [-0.15, -0.1) is 0 Å². The minimum Gasteiger partial charge on any atom is -0.375 e. The van der Waals surface area contributed by atoms with E-state index in [4.69, 9.17) is 17.0 Å². The fourth-order valence-electron chi connectivity index (χ4n) is 4.50. The lowest BCUT2D eigenvalue weighted by Gasteiger charge is -2.29. The SMILES string of the molecule is COCC(=O)Nc1ccc(N2C(=S)NC(c3ccccn3)C2c2cccn2Cc2cccnc2)cc1. The van der Waals surface area contributed by atoms with Crippen molar-refractivity contribution >= 4 is 34.6 Å². The maximum Gasteiger partial charge on any atom is 0.250 e. The van der Waals surface area contributed by atoms with Crippen molar-refractivity contribution in [1.82, 2.24) is 19.9 Å². The lowest BCUT2D eigenvalue weighted by Crippen LogP contribution is -2.30. The molecule has 0 saturated carbocycles. The Hall–Kier alpha value is -4.08. The summed E-state index contributed by atoms with van der Waals surface area (Å²) >= 11 is 5.84. The molecule has 0 spiro atoms. The summed E-state index contributed by atoms with van der Waals surface area (Å²) in [6, 6.07) is 21.4. The van der Waals surface area contributed by atoms with Crippen LogP contribution in [0.2, 0.25) is 0 Å². The highest BCUT2D eigenvalue weighted by Crippen LogP contribution is 2.42. The molecule has 1 aliphatic rings. The van der Waals surface area contributed by atoms with Crippen LogP contribution in [0.15, 0.2) is 91.5 Å². The van der Waals surface area contributed by atoms with Crippen molar-refractivity contribution in [3.63, 3.8) is 0 Å². The first-order valence-electron chi connectivity index (χ1n) is 11.6. The third kappa shape index (κ3) is 4.98. The van der Waals surface area contributed by atoms with Crippen LogP contribution in [-0.4, -0.2) is 39.3 Å². The fraction of sp³-hybridized carbons (Fsp3) is 0.185. The third-order valence-electron chi connectivity index (χ3n) is 6.05. The molecule has 36 heavy (non-hydrogen) atoms. The predicted octanol–water partition coefficient (Wildman–Crippen LogP) is 4.09. The Morgan fingerprint density at radius 2 is 1.94 bits per heavy atom. The predicted molar refractivity (Wildman–Crippen MR) is 143 cm³/mol. The van der Waals surface area contributed by atoms with E-state index in [0.29, 0.717) is 17.3 Å². The Bertz CT molecular complexity index is 1330. The highest BCUT2D eigenvalue weighted by Gasteiger charge is 2.42. The number of carbonyl (C=O) groups is 1. The van der Waals surface area contributed by atoms with E-state index in [-0.39, 0.29) is 24.6 Å². The molecule has 1 aliphatic heterocycles. The minimum absolute atomic E-state index is 0.00361. The van der Waals surface area contributed by atoms with Gasteiger partial charge in [-0.05, 0) is 72.4 Å². The van der Waals surface area contributed by atoms with Gasteiger partial charge in [-0.3, -0.25) is 14.8 Å². The molecule has 0 bridgehead atoms. The molecule has 5 rings (SSSR count). The number of thiocarbonyl (C=S) groups is 1. The van der Waals surface area contributed by atoms with Gasteiger partial charge in [0.2, 0.25) is 5.91 Å². The smallest absolute Gasteiger partial charge is 0.250 e. The number of ether oxygens (including phenoxy) is 1. The van der Waals surface area contributed by atoms with Crippen LogP contribution in [0, 0.1) is 0 Å². The van der Waals surface area contributed by atoms with Crippen LogP contribution < -0.4 is 15.5 Å². The van der Waals surface area contributed by atoms with Crippen LogP contribution in [0.3, 0.4) is 0 Å². The minimum atomic E-state index is -0.204. The number of nitrogens with one attached hydrogen (secondary N) is 2. The summed E-state index contributed by atoms with van der Waals surface area (Å²) in [7, 11) is 1.49. The Morgan fingerprint density at radius 1 is 1.08 bits per heavy atom. The number of benzene rings is 1. The van der Waals surface area contributed by atoms with Crippen molar-refractivity contribution < 1.29 is 9.53 Å². The standard InChI is InChI=1S/C27H26N6O2S/c1-35-18-24(34)30-20-9-11-21(12-10-20)33-26(25(31-27(33)36)22-7-2-3-14-29-22)23-8-5-15-32(23)17-19-6-4-13-28-16-19/h2-16,25-26H,17-18H2,1H3,(H,30,34)(H,31,36). The summed E-state index contributed by atoms with van der Waals surface area (Å²) in [6.45, 7) is 0.691. The monoisotopic (exact) mass is 498 g/mol. The molecular weight excluding hydrogens is 472 g/mol. The second kappa shape index (κ2) is 10.7. The molecule has 9 heteroatoms. The van der Waals surface area contributed by atoms with Gasteiger partial charge in [0, 0.05) is 55.5 Å². The van der Waals surface area contributed by atoms with Crippen LogP contribution in [0.25, 0.3) is 0 Å². The van der Waals surface area contributed by atoms with Gasteiger partial charge in [0.25, 0.3) is 0 Å². The quantitative estimate of drug-likeness (QED) is 0.354. The molecule has 4 aromatic rings. The number of anilines is 2. The van der Waals surface area contributed by atoms with Gasteiger partial charge in [-0.2, -0.15) is 0 Å². The summed E-state index contributed by atoms with van der Waals surface area (Å²) in [5.74, 6) is -0.204. The molecule has 3 aromatic heterocycles. The summed E-state index contributed by atoms with van der Waals surface area (Å²) < 4.78 is 7.12. The molecule has 1 fully saturated rings. The van der Waals surface area contributed by atoms with Crippen molar-refractivity contribution in [2.45, 2.75) is 18.6 Å². The Labute approximate surface area is 215 Å². The summed E-state index contributed by atoms with van der Waals surface area (Å²) in [5.41, 5.74) is 4.72. The average molecular weight is 499 g/mol. The lowest BCUT2D eigenvalue weighted by molar-refractivity contribution is -0.119. The van der Waals surface area contributed by atoms with Crippen LogP contribution >= 0.6 is 12.2 Å².